The second-order valence-electron chi connectivity index (χ2n) is 5.81. The summed E-state index contributed by atoms with van der Waals surface area (Å²) in [6.45, 7) is 4.01. The molecule has 3 rings (SSSR count). The van der Waals surface area contributed by atoms with Gasteiger partial charge < -0.3 is 19.5 Å². The van der Waals surface area contributed by atoms with Gasteiger partial charge in [0.05, 0.1) is 19.1 Å². The molecular formula is C21H19ClN2O4S. The van der Waals surface area contributed by atoms with Crippen LogP contribution in [-0.2, 0) is 4.79 Å². The Balaban J connectivity index is 1.84. The van der Waals surface area contributed by atoms with Crippen molar-refractivity contribution in [3.63, 3.8) is 0 Å². The van der Waals surface area contributed by atoms with Crippen molar-refractivity contribution in [1.82, 2.24) is 5.32 Å². The molecule has 1 fully saturated rings. The third kappa shape index (κ3) is 5.13. The molecule has 0 aromatic heterocycles. The zero-order chi connectivity index (χ0) is 20.8. The molecule has 150 valence electrons. The molecule has 8 heteroatoms. The number of nitrogens with zero attached hydrogens (tertiary/aromatic N) is 1. The van der Waals surface area contributed by atoms with Crippen LogP contribution in [-0.4, -0.2) is 31.9 Å². The van der Waals surface area contributed by atoms with Gasteiger partial charge in [-0.2, -0.15) is 0 Å². The van der Waals surface area contributed by atoms with Crippen LogP contribution < -0.4 is 19.5 Å². The largest absolute Gasteiger partial charge is 0.494 e. The van der Waals surface area contributed by atoms with Gasteiger partial charge in [-0.25, -0.2) is 4.99 Å². The first-order chi connectivity index (χ1) is 14.0. The lowest BCUT2D eigenvalue weighted by Gasteiger charge is -2.09. The number of rotatable bonds is 7. The van der Waals surface area contributed by atoms with Gasteiger partial charge in [-0.3, -0.25) is 4.79 Å². The van der Waals surface area contributed by atoms with Crippen LogP contribution >= 0.6 is 23.4 Å². The van der Waals surface area contributed by atoms with E-state index in [1.54, 1.807) is 56.7 Å². The van der Waals surface area contributed by atoms with Crippen molar-refractivity contribution in [2.75, 3.05) is 20.8 Å². The maximum absolute atomic E-state index is 12.4. The highest BCUT2D eigenvalue weighted by atomic mass is 35.5. The number of benzene rings is 2. The number of carbonyl (C=O) groups excluding carboxylic acids is 1. The molecule has 1 heterocycles. The molecule has 0 radical (unpaired) electrons. The first-order valence-electron chi connectivity index (χ1n) is 8.59. The van der Waals surface area contributed by atoms with Crippen LogP contribution in [0.1, 0.15) is 5.56 Å². The topological polar surface area (TPSA) is 69.2 Å². The van der Waals surface area contributed by atoms with Crippen LogP contribution in [0.3, 0.4) is 0 Å². The Kier molecular flexibility index (Phi) is 6.85. The molecule has 1 N–H and O–H groups in total. The van der Waals surface area contributed by atoms with E-state index in [-0.39, 0.29) is 5.91 Å². The number of hydrogen-bond acceptors (Lipinski definition) is 6. The van der Waals surface area contributed by atoms with Crippen LogP contribution in [0.4, 0.5) is 5.69 Å². The van der Waals surface area contributed by atoms with Crippen molar-refractivity contribution < 1.29 is 19.0 Å². The van der Waals surface area contributed by atoms with Gasteiger partial charge in [0.15, 0.2) is 16.7 Å². The first kappa shape index (κ1) is 20.8. The summed E-state index contributed by atoms with van der Waals surface area (Å²) in [6.07, 6.45) is 3.42. The number of nitrogens with one attached hydrogen (secondary N) is 1. The Morgan fingerprint density at radius 2 is 1.90 bits per heavy atom. The second kappa shape index (κ2) is 9.54. The SMILES string of the molecule is C=CCOc1ccc(/C=C2\SC(=Nc3cc(Cl)ccc3OC)NC2=O)cc1OC. The predicted octanol–water partition coefficient (Wildman–Crippen LogP) is 4.81. The van der Waals surface area contributed by atoms with E-state index in [1.165, 1.54) is 11.8 Å². The fourth-order valence-electron chi connectivity index (χ4n) is 2.53. The summed E-state index contributed by atoms with van der Waals surface area (Å²) in [6, 6.07) is 10.5. The number of amidine groups is 1. The number of methoxy groups -OCH3 is 2. The predicted molar refractivity (Wildman–Crippen MR) is 117 cm³/mol. The van der Waals surface area contributed by atoms with Gasteiger partial charge in [0, 0.05) is 5.02 Å². The number of amides is 1. The highest BCUT2D eigenvalue weighted by Gasteiger charge is 2.24. The summed E-state index contributed by atoms with van der Waals surface area (Å²) >= 11 is 7.27. The summed E-state index contributed by atoms with van der Waals surface area (Å²) in [5.74, 6) is 1.50. The van der Waals surface area contributed by atoms with Crippen LogP contribution in [0, 0.1) is 0 Å². The zero-order valence-electron chi connectivity index (χ0n) is 15.9. The van der Waals surface area contributed by atoms with Gasteiger partial charge >= 0.3 is 0 Å². The lowest BCUT2D eigenvalue weighted by Crippen LogP contribution is -2.19. The maximum Gasteiger partial charge on any atom is 0.264 e. The Bertz CT molecular complexity index is 1000. The van der Waals surface area contributed by atoms with Gasteiger partial charge in [-0.1, -0.05) is 30.3 Å². The Morgan fingerprint density at radius 3 is 2.62 bits per heavy atom. The first-order valence-corrected chi connectivity index (χ1v) is 9.78. The van der Waals surface area contributed by atoms with Crippen LogP contribution in [0.25, 0.3) is 6.08 Å². The summed E-state index contributed by atoms with van der Waals surface area (Å²) in [5.41, 5.74) is 1.33. The van der Waals surface area contributed by atoms with Crippen molar-refractivity contribution in [3.8, 4) is 17.2 Å². The summed E-state index contributed by atoms with van der Waals surface area (Å²) < 4.78 is 16.2. The molecular weight excluding hydrogens is 412 g/mol. The van der Waals surface area contributed by atoms with Crippen molar-refractivity contribution in [1.29, 1.82) is 0 Å². The molecule has 0 bridgehead atoms. The number of halogens is 1. The highest BCUT2D eigenvalue weighted by Crippen LogP contribution is 2.35. The quantitative estimate of drug-likeness (QED) is 0.504. The molecule has 2 aromatic rings. The van der Waals surface area contributed by atoms with Crippen molar-refractivity contribution in [3.05, 3.63) is 64.5 Å². The lowest BCUT2D eigenvalue weighted by atomic mass is 10.2. The molecule has 2 aromatic carbocycles. The minimum absolute atomic E-state index is 0.235. The molecule has 0 atom stereocenters. The van der Waals surface area contributed by atoms with E-state index in [2.05, 4.69) is 16.9 Å². The van der Waals surface area contributed by atoms with Gasteiger partial charge in [-0.15, -0.1) is 0 Å². The third-order valence-corrected chi connectivity index (χ3v) is 5.00. The fraction of sp³-hybridized carbons (Fsp3) is 0.143. The maximum atomic E-state index is 12.4. The standard InChI is InChI=1S/C21H19ClN2O4S/c1-4-9-28-17-7-5-13(10-18(17)27-3)11-19-20(25)24-21(29-19)23-15-12-14(22)6-8-16(15)26-2/h4-8,10-12H,1,9H2,2-3H3,(H,23,24,25)/b19-11-. The van der Waals surface area contributed by atoms with E-state index in [0.29, 0.717) is 44.6 Å². The van der Waals surface area contributed by atoms with E-state index in [4.69, 9.17) is 25.8 Å². The average Bonchev–Trinajstić information content (AvgIpc) is 3.05. The summed E-state index contributed by atoms with van der Waals surface area (Å²) in [4.78, 5) is 17.3. The second-order valence-corrected chi connectivity index (χ2v) is 7.27. The molecule has 0 aliphatic carbocycles. The molecule has 1 aliphatic rings. The molecule has 0 saturated carbocycles. The Hall–Kier alpha value is -2.90. The molecule has 29 heavy (non-hydrogen) atoms. The summed E-state index contributed by atoms with van der Waals surface area (Å²) in [7, 11) is 3.11. The van der Waals surface area contributed by atoms with Gasteiger partial charge in [0.25, 0.3) is 5.91 Å². The molecule has 1 aliphatic heterocycles. The van der Waals surface area contributed by atoms with Crippen LogP contribution in [0.5, 0.6) is 17.2 Å². The summed E-state index contributed by atoms with van der Waals surface area (Å²) in [5, 5.41) is 3.72. The molecule has 0 unspecified atom stereocenters. The fourth-order valence-corrected chi connectivity index (χ4v) is 3.53. The number of thioether (sulfide) groups is 1. The monoisotopic (exact) mass is 430 g/mol. The number of carbonyl (C=O) groups is 1. The van der Waals surface area contributed by atoms with E-state index in [0.717, 1.165) is 5.56 Å². The molecule has 0 spiro atoms. The molecule has 1 amide bonds. The third-order valence-electron chi connectivity index (χ3n) is 3.86. The number of aliphatic imine (C=N–C) groups is 1. The van der Waals surface area contributed by atoms with Crippen LogP contribution in [0.15, 0.2) is 59.0 Å². The average molecular weight is 431 g/mol. The van der Waals surface area contributed by atoms with E-state index in [9.17, 15) is 4.79 Å². The van der Waals surface area contributed by atoms with Gasteiger partial charge in [0.2, 0.25) is 0 Å². The van der Waals surface area contributed by atoms with Crippen molar-refractivity contribution in [2.45, 2.75) is 0 Å². The zero-order valence-corrected chi connectivity index (χ0v) is 17.5. The lowest BCUT2D eigenvalue weighted by molar-refractivity contribution is -0.115. The van der Waals surface area contributed by atoms with E-state index in [1.807, 2.05) is 6.07 Å². The Labute approximate surface area is 178 Å². The number of ether oxygens (including phenoxy) is 3. The molecule has 6 nitrogen and oxygen atoms in total. The van der Waals surface area contributed by atoms with E-state index < -0.39 is 0 Å². The normalized spacial score (nSPS) is 16.0. The minimum atomic E-state index is -0.235. The highest BCUT2D eigenvalue weighted by molar-refractivity contribution is 8.18. The number of hydrogen-bond donors (Lipinski definition) is 1. The Morgan fingerprint density at radius 1 is 1.14 bits per heavy atom. The minimum Gasteiger partial charge on any atom is -0.494 e. The van der Waals surface area contributed by atoms with Gasteiger partial charge in [-0.05, 0) is 53.7 Å². The van der Waals surface area contributed by atoms with E-state index >= 15 is 0 Å². The van der Waals surface area contributed by atoms with Crippen molar-refractivity contribution in [2.24, 2.45) is 4.99 Å². The van der Waals surface area contributed by atoms with Gasteiger partial charge in [0.1, 0.15) is 18.0 Å². The molecule has 1 saturated heterocycles. The van der Waals surface area contributed by atoms with Crippen molar-refractivity contribution >= 4 is 46.2 Å². The smallest absolute Gasteiger partial charge is 0.264 e. The van der Waals surface area contributed by atoms with Crippen LogP contribution in [0.2, 0.25) is 5.02 Å².